The summed E-state index contributed by atoms with van der Waals surface area (Å²) in [6.07, 6.45) is 0. The van der Waals surface area contributed by atoms with E-state index in [9.17, 15) is 13.2 Å². The molecule has 0 saturated heterocycles. The fourth-order valence-corrected chi connectivity index (χ4v) is 2.30. The Hall–Kier alpha value is -2.15. The van der Waals surface area contributed by atoms with Gasteiger partial charge in [-0.25, -0.2) is 18.2 Å². The van der Waals surface area contributed by atoms with Gasteiger partial charge in [0.05, 0.1) is 11.3 Å². The SMILES string of the molecule is Cc1nc(Cl)c2nnc(-c3ccc(F)c(F)c3F)n2c1C. The van der Waals surface area contributed by atoms with Gasteiger partial charge in [0.1, 0.15) is 0 Å². The molecule has 0 spiro atoms. The van der Waals surface area contributed by atoms with Gasteiger partial charge in [-0.3, -0.25) is 4.40 Å². The first kappa shape index (κ1) is 13.8. The maximum absolute atomic E-state index is 13.9. The highest BCUT2D eigenvalue weighted by atomic mass is 35.5. The Morgan fingerprint density at radius 2 is 1.76 bits per heavy atom. The maximum atomic E-state index is 13.9. The number of aryl methyl sites for hydroxylation is 2. The Bertz CT molecular complexity index is 876. The van der Waals surface area contributed by atoms with E-state index in [1.807, 2.05) is 0 Å². The van der Waals surface area contributed by atoms with Crippen molar-refractivity contribution in [1.82, 2.24) is 19.6 Å². The van der Waals surface area contributed by atoms with Crippen LogP contribution >= 0.6 is 11.6 Å². The predicted octanol–water partition coefficient (Wildman–Crippen LogP) is 3.48. The highest BCUT2D eigenvalue weighted by molar-refractivity contribution is 6.32. The molecule has 0 unspecified atom stereocenters. The average molecular weight is 313 g/mol. The van der Waals surface area contributed by atoms with E-state index >= 15 is 0 Å². The molecule has 0 radical (unpaired) electrons. The standard InChI is InChI=1S/C13H8ClF3N4/c1-5-6(2)21-12(19-20-13(21)11(14)18-5)7-3-4-8(15)10(17)9(7)16/h3-4H,1-2H3. The van der Waals surface area contributed by atoms with Gasteiger partial charge in [0, 0.05) is 5.69 Å². The van der Waals surface area contributed by atoms with Gasteiger partial charge in [-0.05, 0) is 26.0 Å². The first-order chi connectivity index (χ1) is 9.91. The molecule has 2 heterocycles. The van der Waals surface area contributed by atoms with Gasteiger partial charge < -0.3 is 0 Å². The molecule has 0 atom stereocenters. The van der Waals surface area contributed by atoms with E-state index in [1.165, 1.54) is 4.40 Å². The minimum Gasteiger partial charge on any atom is -0.275 e. The molecule has 3 rings (SSSR count). The Balaban J connectivity index is 2.40. The Morgan fingerprint density at radius 1 is 1.05 bits per heavy atom. The molecular formula is C13H8ClF3N4. The molecule has 0 aliphatic heterocycles. The van der Waals surface area contributed by atoms with Gasteiger partial charge in [-0.15, -0.1) is 10.2 Å². The molecule has 0 aliphatic carbocycles. The molecule has 2 aromatic heterocycles. The van der Waals surface area contributed by atoms with E-state index < -0.39 is 17.5 Å². The van der Waals surface area contributed by atoms with Crippen molar-refractivity contribution in [1.29, 1.82) is 0 Å². The van der Waals surface area contributed by atoms with E-state index in [1.54, 1.807) is 13.8 Å². The molecule has 0 N–H and O–H groups in total. The largest absolute Gasteiger partial charge is 0.275 e. The number of benzene rings is 1. The molecule has 0 aliphatic rings. The van der Waals surface area contributed by atoms with Crippen LogP contribution in [0.5, 0.6) is 0 Å². The summed E-state index contributed by atoms with van der Waals surface area (Å²) in [5, 5.41) is 7.74. The first-order valence-corrected chi connectivity index (χ1v) is 6.31. The van der Waals surface area contributed by atoms with Crippen molar-refractivity contribution in [3.8, 4) is 11.4 Å². The number of hydrogen-bond donors (Lipinski definition) is 0. The number of fused-ring (bicyclic) bond motifs is 1. The van der Waals surface area contributed by atoms with Crippen LogP contribution in [0.2, 0.25) is 5.15 Å². The van der Waals surface area contributed by atoms with Crippen molar-refractivity contribution in [2.75, 3.05) is 0 Å². The summed E-state index contributed by atoms with van der Waals surface area (Å²) in [7, 11) is 0. The van der Waals surface area contributed by atoms with Gasteiger partial charge in [0.15, 0.2) is 34.1 Å². The van der Waals surface area contributed by atoms with E-state index in [0.29, 0.717) is 11.4 Å². The van der Waals surface area contributed by atoms with Crippen LogP contribution in [0.4, 0.5) is 13.2 Å². The fourth-order valence-electron chi connectivity index (χ4n) is 2.05. The molecule has 0 bridgehead atoms. The van der Waals surface area contributed by atoms with Crippen LogP contribution in [0, 0.1) is 31.3 Å². The van der Waals surface area contributed by atoms with Crippen molar-refractivity contribution in [2.24, 2.45) is 0 Å². The van der Waals surface area contributed by atoms with Gasteiger partial charge in [0.25, 0.3) is 0 Å². The van der Waals surface area contributed by atoms with Crippen molar-refractivity contribution in [3.05, 3.63) is 46.1 Å². The van der Waals surface area contributed by atoms with E-state index in [-0.39, 0.29) is 22.2 Å². The lowest BCUT2D eigenvalue weighted by Crippen LogP contribution is -2.03. The van der Waals surface area contributed by atoms with Crippen LogP contribution < -0.4 is 0 Å². The maximum Gasteiger partial charge on any atom is 0.199 e. The van der Waals surface area contributed by atoms with Crippen LogP contribution in [0.15, 0.2) is 12.1 Å². The zero-order valence-electron chi connectivity index (χ0n) is 11.0. The third kappa shape index (κ3) is 1.96. The highest BCUT2D eigenvalue weighted by Crippen LogP contribution is 2.28. The Morgan fingerprint density at radius 3 is 2.48 bits per heavy atom. The summed E-state index contributed by atoms with van der Waals surface area (Å²) in [4.78, 5) is 4.08. The van der Waals surface area contributed by atoms with Crippen LogP contribution in [0.1, 0.15) is 11.4 Å². The smallest absolute Gasteiger partial charge is 0.199 e. The van der Waals surface area contributed by atoms with Gasteiger partial charge >= 0.3 is 0 Å². The molecule has 21 heavy (non-hydrogen) atoms. The minimum absolute atomic E-state index is 0.0336. The zero-order chi connectivity index (χ0) is 15.3. The number of hydrogen-bond acceptors (Lipinski definition) is 3. The normalized spacial score (nSPS) is 11.3. The number of nitrogens with zero attached hydrogens (tertiary/aromatic N) is 4. The van der Waals surface area contributed by atoms with Crippen molar-refractivity contribution in [3.63, 3.8) is 0 Å². The second kappa shape index (κ2) is 4.70. The second-order valence-corrected chi connectivity index (χ2v) is 4.84. The number of aromatic nitrogens is 4. The molecular weight excluding hydrogens is 305 g/mol. The van der Waals surface area contributed by atoms with E-state index in [2.05, 4.69) is 15.2 Å². The van der Waals surface area contributed by atoms with Crippen LogP contribution in [0.3, 0.4) is 0 Å². The fraction of sp³-hybridized carbons (Fsp3) is 0.154. The summed E-state index contributed by atoms with van der Waals surface area (Å²) in [5.74, 6) is -4.11. The molecule has 8 heteroatoms. The zero-order valence-corrected chi connectivity index (χ0v) is 11.7. The van der Waals surface area contributed by atoms with Crippen LogP contribution in [-0.2, 0) is 0 Å². The quantitative estimate of drug-likeness (QED) is 0.646. The summed E-state index contributed by atoms with van der Waals surface area (Å²) in [5.41, 5.74) is 1.24. The highest BCUT2D eigenvalue weighted by Gasteiger charge is 2.21. The predicted molar refractivity (Wildman–Crippen MR) is 70.6 cm³/mol. The Labute approximate surface area is 122 Å². The van der Waals surface area contributed by atoms with Crippen molar-refractivity contribution in [2.45, 2.75) is 13.8 Å². The number of halogens is 4. The molecule has 0 fully saturated rings. The molecule has 3 aromatic rings. The van der Waals surface area contributed by atoms with E-state index in [4.69, 9.17) is 11.6 Å². The lowest BCUT2D eigenvalue weighted by Gasteiger charge is -2.08. The summed E-state index contributed by atoms with van der Waals surface area (Å²) >= 11 is 5.97. The summed E-state index contributed by atoms with van der Waals surface area (Å²) in [6.45, 7) is 3.43. The molecule has 108 valence electrons. The summed E-state index contributed by atoms with van der Waals surface area (Å²) in [6, 6.07) is 1.94. The Kier molecular flexibility index (Phi) is 3.09. The monoisotopic (exact) mass is 312 g/mol. The topological polar surface area (TPSA) is 43.1 Å². The van der Waals surface area contributed by atoms with Crippen LogP contribution in [0.25, 0.3) is 17.0 Å². The van der Waals surface area contributed by atoms with Crippen molar-refractivity contribution < 1.29 is 13.2 Å². The first-order valence-electron chi connectivity index (χ1n) is 5.93. The summed E-state index contributed by atoms with van der Waals surface area (Å²) < 4.78 is 41.8. The van der Waals surface area contributed by atoms with Crippen molar-refractivity contribution >= 4 is 17.2 Å². The lowest BCUT2D eigenvalue weighted by molar-refractivity contribution is 0.448. The average Bonchev–Trinajstić information content (AvgIpc) is 2.88. The third-order valence-corrected chi connectivity index (χ3v) is 3.50. The molecule has 1 aromatic carbocycles. The van der Waals surface area contributed by atoms with Gasteiger partial charge in [-0.1, -0.05) is 11.6 Å². The molecule has 0 saturated carbocycles. The van der Waals surface area contributed by atoms with Gasteiger partial charge in [-0.2, -0.15) is 0 Å². The van der Waals surface area contributed by atoms with Gasteiger partial charge in [0.2, 0.25) is 0 Å². The molecule has 4 nitrogen and oxygen atoms in total. The number of rotatable bonds is 1. The van der Waals surface area contributed by atoms with E-state index in [0.717, 1.165) is 12.1 Å². The third-order valence-electron chi connectivity index (χ3n) is 3.25. The second-order valence-electron chi connectivity index (χ2n) is 4.48. The lowest BCUT2D eigenvalue weighted by atomic mass is 10.2. The van der Waals surface area contributed by atoms with Crippen LogP contribution in [-0.4, -0.2) is 19.6 Å². The molecule has 0 amide bonds. The minimum atomic E-state index is -1.56.